The quantitative estimate of drug-likeness (QED) is 0.636. The van der Waals surface area contributed by atoms with Gasteiger partial charge < -0.3 is 23.5 Å². The average Bonchev–Trinajstić information content (AvgIpc) is 2.73. The van der Waals surface area contributed by atoms with Crippen LogP contribution in [0.3, 0.4) is 0 Å². The van der Waals surface area contributed by atoms with Crippen molar-refractivity contribution in [1.82, 2.24) is 0 Å². The van der Waals surface area contributed by atoms with Gasteiger partial charge in [-0.25, -0.2) is 4.79 Å². The third-order valence-electron chi connectivity index (χ3n) is 5.32. The van der Waals surface area contributed by atoms with Crippen LogP contribution in [-0.4, -0.2) is 21.0 Å². The lowest BCUT2D eigenvalue weighted by Gasteiger charge is -2.32. The first-order chi connectivity index (χ1) is 13.6. The minimum absolute atomic E-state index is 0.278. The number of benzene rings is 2. The SMILES string of the molecule is CCc1c(C)c2ccc3c(c2oc1=O)CN(c1ccc(OC)cc1OC)CO3. The standard InChI is InChI=1S/C22H23NO5/c1-5-15-13(2)16-7-9-19-17(21(16)28-22(15)24)11-23(12-27-19)18-8-6-14(25-3)10-20(18)26-4/h6-10H,5,11-12H2,1-4H3. The molecular formula is C22H23NO5. The fourth-order valence-electron chi connectivity index (χ4n) is 3.77. The fraction of sp³-hybridized carbons (Fsp3) is 0.318. The number of rotatable bonds is 4. The van der Waals surface area contributed by atoms with Crippen molar-refractivity contribution in [1.29, 1.82) is 0 Å². The second kappa shape index (κ2) is 7.11. The molecule has 0 radical (unpaired) electrons. The number of nitrogens with zero attached hydrogens (tertiary/aromatic N) is 1. The summed E-state index contributed by atoms with van der Waals surface area (Å²) in [5.74, 6) is 2.15. The van der Waals surface area contributed by atoms with Crippen LogP contribution in [0.5, 0.6) is 17.2 Å². The summed E-state index contributed by atoms with van der Waals surface area (Å²) in [5.41, 5.74) is 3.75. The molecule has 0 N–H and O–H groups in total. The molecule has 0 saturated heterocycles. The van der Waals surface area contributed by atoms with E-state index >= 15 is 0 Å². The van der Waals surface area contributed by atoms with Crippen molar-refractivity contribution in [3.63, 3.8) is 0 Å². The molecule has 6 nitrogen and oxygen atoms in total. The molecule has 28 heavy (non-hydrogen) atoms. The van der Waals surface area contributed by atoms with Crippen molar-refractivity contribution in [3.05, 3.63) is 57.4 Å². The molecule has 1 aromatic heterocycles. The minimum atomic E-state index is -0.278. The third kappa shape index (κ3) is 2.85. The van der Waals surface area contributed by atoms with E-state index in [9.17, 15) is 4.79 Å². The van der Waals surface area contributed by atoms with Crippen molar-refractivity contribution in [2.75, 3.05) is 25.9 Å². The number of hydrogen-bond acceptors (Lipinski definition) is 6. The molecule has 2 heterocycles. The molecule has 0 fully saturated rings. The lowest BCUT2D eigenvalue weighted by atomic mass is 10.0. The minimum Gasteiger partial charge on any atom is -0.497 e. The Hall–Kier alpha value is -3.15. The summed E-state index contributed by atoms with van der Waals surface area (Å²) >= 11 is 0. The van der Waals surface area contributed by atoms with Crippen LogP contribution in [0.4, 0.5) is 5.69 Å². The van der Waals surface area contributed by atoms with Crippen molar-refractivity contribution >= 4 is 16.7 Å². The molecule has 0 spiro atoms. The van der Waals surface area contributed by atoms with E-state index in [0.717, 1.165) is 39.3 Å². The normalized spacial score (nSPS) is 13.2. The molecule has 4 rings (SSSR count). The first kappa shape index (κ1) is 18.2. The van der Waals surface area contributed by atoms with E-state index in [1.807, 2.05) is 49.1 Å². The maximum atomic E-state index is 12.4. The molecule has 0 aliphatic carbocycles. The Morgan fingerprint density at radius 3 is 2.68 bits per heavy atom. The van der Waals surface area contributed by atoms with Crippen molar-refractivity contribution < 1.29 is 18.6 Å². The molecule has 146 valence electrons. The molecule has 0 atom stereocenters. The van der Waals surface area contributed by atoms with Crippen LogP contribution < -0.4 is 24.7 Å². The molecule has 0 amide bonds. The molecule has 2 aromatic carbocycles. The topological polar surface area (TPSA) is 61.1 Å². The van der Waals surface area contributed by atoms with E-state index in [0.29, 0.717) is 31.0 Å². The van der Waals surface area contributed by atoms with Gasteiger partial charge in [-0.1, -0.05) is 6.92 Å². The number of aryl methyl sites for hydroxylation is 1. The molecule has 1 aliphatic heterocycles. The van der Waals surface area contributed by atoms with E-state index in [1.54, 1.807) is 14.2 Å². The number of hydrogen-bond donors (Lipinski definition) is 0. The lowest BCUT2D eigenvalue weighted by Crippen LogP contribution is -2.32. The maximum absolute atomic E-state index is 12.4. The van der Waals surface area contributed by atoms with Crippen molar-refractivity contribution in [2.24, 2.45) is 0 Å². The van der Waals surface area contributed by atoms with Gasteiger partial charge in [0.2, 0.25) is 0 Å². The highest BCUT2D eigenvalue weighted by Crippen LogP contribution is 2.38. The molecule has 6 heteroatoms. The number of anilines is 1. The Morgan fingerprint density at radius 2 is 1.96 bits per heavy atom. The van der Waals surface area contributed by atoms with Gasteiger partial charge in [0.15, 0.2) is 6.73 Å². The number of ether oxygens (including phenoxy) is 3. The third-order valence-corrected chi connectivity index (χ3v) is 5.32. The van der Waals surface area contributed by atoms with Crippen LogP contribution in [0.25, 0.3) is 11.0 Å². The summed E-state index contributed by atoms with van der Waals surface area (Å²) in [5, 5.41) is 0.947. The Bertz CT molecular complexity index is 1100. The highest BCUT2D eigenvalue weighted by Gasteiger charge is 2.25. The maximum Gasteiger partial charge on any atom is 0.339 e. The van der Waals surface area contributed by atoms with Crippen LogP contribution in [-0.2, 0) is 13.0 Å². The van der Waals surface area contributed by atoms with Gasteiger partial charge in [0.1, 0.15) is 22.8 Å². The fourth-order valence-corrected chi connectivity index (χ4v) is 3.77. The van der Waals surface area contributed by atoms with Gasteiger partial charge in [0.05, 0.1) is 32.0 Å². The molecule has 0 unspecified atom stereocenters. The zero-order valence-corrected chi connectivity index (χ0v) is 16.5. The van der Waals surface area contributed by atoms with Gasteiger partial charge >= 0.3 is 5.63 Å². The van der Waals surface area contributed by atoms with E-state index < -0.39 is 0 Å². The van der Waals surface area contributed by atoms with Gasteiger partial charge in [-0.3, -0.25) is 0 Å². The Morgan fingerprint density at radius 1 is 1.14 bits per heavy atom. The summed E-state index contributed by atoms with van der Waals surface area (Å²) in [4.78, 5) is 14.5. The van der Waals surface area contributed by atoms with Crippen LogP contribution in [0, 0.1) is 6.92 Å². The highest BCUT2D eigenvalue weighted by molar-refractivity contribution is 5.86. The summed E-state index contributed by atoms with van der Waals surface area (Å²) in [7, 11) is 3.25. The second-order valence-electron chi connectivity index (χ2n) is 6.77. The molecule has 1 aliphatic rings. The predicted octanol–water partition coefficient (Wildman–Crippen LogP) is 4.04. The van der Waals surface area contributed by atoms with Crippen LogP contribution in [0.1, 0.15) is 23.6 Å². The van der Waals surface area contributed by atoms with Gasteiger partial charge in [0.25, 0.3) is 0 Å². The zero-order valence-electron chi connectivity index (χ0n) is 16.5. The second-order valence-corrected chi connectivity index (χ2v) is 6.77. The molecule has 3 aromatic rings. The highest BCUT2D eigenvalue weighted by atomic mass is 16.5. The lowest BCUT2D eigenvalue weighted by molar-refractivity contribution is 0.286. The molecule has 0 saturated carbocycles. The Balaban J connectivity index is 1.82. The summed E-state index contributed by atoms with van der Waals surface area (Å²) in [6, 6.07) is 9.58. The van der Waals surface area contributed by atoms with E-state index in [4.69, 9.17) is 18.6 Å². The summed E-state index contributed by atoms with van der Waals surface area (Å²) in [6.45, 7) is 4.85. The van der Waals surface area contributed by atoms with E-state index in [1.165, 1.54) is 0 Å². The van der Waals surface area contributed by atoms with Crippen LogP contribution in [0.15, 0.2) is 39.5 Å². The first-order valence-electron chi connectivity index (χ1n) is 9.25. The summed E-state index contributed by atoms with van der Waals surface area (Å²) in [6.07, 6.45) is 0.646. The van der Waals surface area contributed by atoms with E-state index in [-0.39, 0.29) is 5.63 Å². The number of fused-ring (bicyclic) bond motifs is 3. The number of methoxy groups -OCH3 is 2. The van der Waals surface area contributed by atoms with Crippen molar-refractivity contribution in [2.45, 2.75) is 26.8 Å². The van der Waals surface area contributed by atoms with Gasteiger partial charge in [0, 0.05) is 17.0 Å². The van der Waals surface area contributed by atoms with Crippen LogP contribution >= 0.6 is 0 Å². The monoisotopic (exact) mass is 381 g/mol. The van der Waals surface area contributed by atoms with Gasteiger partial charge in [-0.05, 0) is 43.2 Å². The molecule has 0 bridgehead atoms. The van der Waals surface area contributed by atoms with E-state index in [2.05, 4.69) is 0 Å². The van der Waals surface area contributed by atoms with Crippen LogP contribution in [0.2, 0.25) is 0 Å². The Labute approximate surface area is 163 Å². The smallest absolute Gasteiger partial charge is 0.339 e. The van der Waals surface area contributed by atoms with Crippen molar-refractivity contribution in [3.8, 4) is 17.2 Å². The molecular weight excluding hydrogens is 358 g/mol. The zero-order chi connectivity index (χ0) is 19.8. The van der Waals surface area contributed by atoms with Gasteiger partial charge in [-0.15, -0.1) is 0 Å². The largest absolute Gasteiger partial charge is 0.497 e. The van der Waals surface area contributed by atoms with Gasteiger partial charge in [-0.2, -0.15) is 0 Å². The summed E-state index contributed by atoms with van der Waals surface area (Å²) < 4.78 is 22.5. The Kier molecular flexibility index (Phi) is 4.63. The first-order valence-corrected chi connectivity index (χ1v) is 9.25. The predicted molar refractivity (Wildman–Crippen MR) is 108 cm³/mol. The average molecular weight is 381 g/mol.